The first-order valence-corrected chi connectivity index (χ1v) is 10.1. The zero-order chi connectivity index (χ0) is 20.8. The topological polar surface area (TPSA) is 61.4 Å². The molecular formula is C23H28FN3O2. The number of nitrogens with one attached hydrogen (secondary N) is 2. The number of hydrogen-bond donors (Lipinski definition) is 2. The average molecular weight is 397 g/mol. The Bertz CT molecular complexity index is 876. The van der Waals surface area contributed by atoms with Crippen LogP contribution in [0.3, 0.4) is 0 Å². The van der Waals surface area contributed by atoms with Crippen molar-refractivity contribution >= 4 is 17.5 Å². The van der Waals surface area contributed by atoms with E-state index in [1.165, 1.54) is 12.1 Å². The molecule has 0 radical (unpaired) electrons. The van der Waals surface area contributed by atoms with Crippen molar-refractivity contribution < 1.29 is 14.0 Å². The Labute approximate surface area is 171 Å². The summed E-state index contributed by atoms with van der Waals surface area (Å²) in [5.74, 6) is -0.476. The van der Waals surface area contributed by atoms with Gasteiger partial charge in [0.2, 0.25) is 0 Å². The SMILES string of the molecule is CNCCC1CCN(C(=O)c2ccc(C)c(NC(=O)c3ccccc3F)c2)CC1. The van der Waals surface area contributed by atoms with Crippen molar-refractivity contribution in [2.75, 3.05) is 32.0 Å². The first kappa shape index (κ1) is 21.0. The van der Waals surface area contributed by atoms with Crippen LogP contribution in [0, 0.1) is 18.7 Å². The minimum atomic E-state index is -0.573. The highest BCUT2D eigenvalue weighted by molar-refractivity contribution is 6.05. The molecule has 6 heteroatoms. The number of benzene rings is 2. The van der Waals surface area contributed by atoms with Gasteiger partial charge in [0.25, 0.3) is 11.8 Å². The maximum absolute atomic E-state index is 13.9. The summed E-state index contributed by atoms with van der Waals surface area (Å²) in [6, 6.07) is 11.1. The Morgan fingerprint density at radius 2 is 1.86 bits per heavy atom. The van der Waals surface area contributed by atoms with Gasteiger partial charge in [-0.05, 0) is 75.5 Å². The molecule has 0 bridgehead atoms. The maximum Gasteiger partial charge on any atom is 0.258 e. The second-order valence-electron chi connectivity index (χ2n) is 7.59. The van der Waals surface area contributed by atoms with E-state index in [2.05, 4.69) is 10.6 Å². The number of carbonyl (C=O) groups excluding carboxylic acids is 2. The fourth-order valence-corrected chi connectivity index (χ4v) is 3.68. The normalized spacial score (nSPS) is 14.7. The Hall–Kier alpha value is -2.73. The number of piperidine rings is 1. The van der Waals surface area contributed by atoms with Crippen molar-refractivity contribution in [2.24, 2.45) is 5.92 Å². The van der Waals surface area contributed by atoms with Crippen molar-refractivity contribution in [3.63, 3.8) is 0 Å². The molecule has 1 aliphatic heterocycles. The van der Waals surface area contributed by atoms with Crippen LogP contribution in [0.25, 0.3) is 0 Å². The largest absolute Gasteiger partial charge is 0.339 e. The van der Waals surface area contributed by atoms with Crippen molar-refractivity contribution in [2.45, 2.75) is 26.2 Å². The quantitative estimate of drug-likeness (QED) is 0.778. The second kappa shape index (κ2) is 9.65. The van der Waals surface area contributed by atoms with E-state index in [0.29, 0.717) is 17.2 Å². The van der Waals surface area contributed by atoms with Crippen LogP contribution in [0.4, 0.5) is 10.1 Å². The van der Waals surface area contributed by atoms with Crippen LogP contribution < -0.4 is 10.6 Å². The zero-order valence-corrected chi connectivity index (χ0v) is 17.0. The second-order valence-corrected chi connectivity index (χ2v) is 7.59. The highest BCUT2D eigenvalue weighted by atomic mass is 19.1. The minimum Gasteiger partial charge on any atom is -0.339 e. The van der Waals surface area contributed by atoms with E-state index in [4.69, 9.17) is 0 Å². The molecule has 2 aromatic carbocycles. The van der Waals surface area contributed by atoms with Gasteiger partial charge in [-0.15, -0.1) is 0 Å². The summed E-state index contributed by atoms with van der Waals surface area (Å²) in [7, 11) is 1.96. The summed E-state index contributed by atoms with van der Waals surface area (Å²) in [4.78, 5) is 27.3. The lowest BCUT2D eigenvalue weighted by Gasteiger charge is -2.32. The Kier molecular flexibility index (Phi) is 6.99. The van der Waals surface area contributed by atoms with Crippen LogP contribution in [-0.4, -0.2) is 43.4 Å². The van der Waals surface area contributed by atoms with Crippen LogP contribution in [0.1, 0.15) is 45.5 Å². The molecule has 2 aromatic rings. The van der Waals surface area contributed by atoms with Crippen LogP contribution in [0.2, 0.25) is 0 Å². The average Bonchev–Trinajstić information content (AvgIpc) is 2.74. The Morgan fingerprint density at radius 1 is 1.14 bits per heavy atom. The van der Waals surface area contributed by atoms with E-state index in [0.717, 1.165) is 44.5 Å². The van der Waals surface area contributed by atoms with Gasteiger partial charge >= 0.3 is 0 Å². The molecule has 0 aliphatic carbocycles. The van der Waals surface area contributed by atoms with Crippen LogP contribution >= 0.6 is 0 Å². The molecule has 0 aromatic heterocycles. The van der Waals surface area contributed by atoms with E-state index >= 15 is 0 Å². The van der Waals surface area contributed by atoms with Crippen LogP contribution in [0.5, 0.6) is 0 Å². The Balaban J connectivity index is 1.68. The number of halogens is 1. The summed E-state index contributed by atoms with van der Waals surface area (Å²) in [6.45, 7) is 4.34. The lowest BCUT2D eigenvalue weighted by Crippen LogP contribution is -2.39. The molecule has 0 atom stereocenters. The number of anilines is 1. The number of nitrogens with zero attached hydrogens (tertiary/aromatic N) is 1. The predicted molar refractivity (Wildman–Crippen MR) is 113 cm³/mol. The molecular weight excluding hydrogens is 369 g/mol. The van der Waals surface area contributed by atoms with Gasteiger partial charge < -0.3 is 15.5 Å². The standard InChI is InChI=1S/C23H28FN3O2/c1-16-7-8-18(23(29)27-13-10-17(11-14-27)9-12-25-2)15-21(16)26-22(28)19-5-3-4-6-20(19)24/h3-8,15,17,25H,9-14H2,1-2H3,(H,26,28). The molecule has 29 heavy (non-hydrogen) atoms. The molecule has 1 heterocycles. The minimum absolute atomic E-state index is 0.0210. The lowest BCUT2D eigenvalue weighted by atomic mass is 9.93. The van der Waals surface area contributed by atoms with Gasteiger partial charge in [-0.2, -0.15) is 0 Å². The van der Waals surface area contributed by atoms with Gasteiger partial charge in [-0.3, -0.25) is 9.59 Å². The Morgan fingerprint density at radius 3 is 2.55 bits per heavy atom. The van der Waals surface area contributed by atoms with Gasteiger partial charge in [0.05, 0.1) is 5.56 Å². The van der Waals surface area contributed by atoms with Crippen molar-refractivity contribution in [3.05, 3.63) is 65.0 Å². The number of hydrogen-bond acceptors (Lipinski definition) is 3. The third-order valence-corrected chi connectivity index (χ3v) is 5.56. The van der Waals surface area contributed by atoms with Crippen LogP contribution in [-0.2, 0) is 0 Å². The molecule has 5 nitrogen and oxygen atoms in total. The van der Waals surface area contributed by atoms with Gasteiger partial charge in [-0.1, -0.05) is 18.2 Å². The van der Waals surface area contributed by atoms with Crippen molar-refractivity contribution in [1.82, 2.24) is 10.2 Å². The van der Waals surface area contributed by atoms with Gasteiger partial charge in [0, 0.05) is 24.3 Å². The van der Waals surface area contributed by atoms with Gasteiger partial charge in [-0.25, -0.2) is 4.39 Å². The van der Waals surface area contributed by atoms with Gasteiger partial charge in [0.1, 0.15) is 5.82 Å². The summed E-state index contributed by atoms with van der Waals surface area (Å²) in [5.41, 5.74) is 1.85. The van der Waals surface area contributed by atoms with E-state index in [9.17, 15) is 14.0 Å². The fourth-order valence-electron chi connectivity index (χ4n) is 3.68. The summed E-state index contributed by atoms with van der Waals surface area (Å²) in [6.07, 6.45) is 3.15. The smallest absolute Gasteiger partial charge is 0.258 e. The lowest BCUT2D eigenvalue weighted by molar-refractivity contribution is 0.0687. The van der Waals surface area contributed by atoms with Crippen LogP contribution in [0.15, 0.2) is 42.5 Å². The number of likely N-dealkylation sites (tertiary alicyclic amines) is 1. The molecule has 0 unspecified atom stereocenters. The molecule has 0 saturated carbocycles. The number of aryl methyl sites for hydroxylation is 1. The molecule has 3 rings (SSSR count). The van der Waals surface area contributed by atoms with E-state index in [1.807, 2.05) is 24.9 Å². The van der Waals surface area contributed by atoms with Crippen molar-refractivity contribution in [3.8, 4) is 0 Å². The molecule has 2 amide bonds. The molecule has 154 valence electrons. The summed E-state index contributed by atoms with van der Waals surface area (Å²) < 4.78 is 13.9. The molecule has 1 aliphatic rings. The summed E-state index contributed by atoms with van der Waals surface area (Å²) in [5, 5.41) is 5.92. The van der Waals surface area contributed by atoms with Crippen molar-refractivity contribution in [1.29, 1.82) is 0 Å². The van der Waals surface area contributed by atoms with E-state index in [1.54, 1.807) is 24.3 Å². The molecule has 0 spiro atoms. The van der Waals surface area contributed by atoms with E-state index < -0.39 is 11.7 Å². The predicted octanol–water partition coefficient (Wildman–Crippen LogP) is 3.85. The first-order valence-electron chi connectivity index (χ1n) is 10.1. The van der Waals surface area contributed by atoms with E-state index in [-0.39, 0.29) is 11.5 Å². The monoisotopic (exact) mass is 397 g/mol. The maximum atomic E-state index is 13.9. The molecule has 1 saturated heterocycles. The highest BCUT2D eigenvalue weighted by Crippen LogP contribution is 2.24. The third-order valence-electron chi connectivity index (χ3n) is 5.56. The third kappa shape index (κ3) is 5.21. The molecule has 2 N–H and O–H groups in total. The fraction of sp³-hybridized carbons (Fsp3) is 0.391. The zero-order valence-electron chi connectivity index (χ0n) is 17.0. The number of carbonyl (C=O) groups is 2. The summed E-state index contributed by atoms with van der Waals surface area (Å²) >= 11 is 0. The molecule has 1 fully saturated rings. The highest BCUT2D eigenvalue weighted by Gasteiger charge is 2.24. The number of rotatable bonds is 6. The first-order chi connectivity index (χ1) is 14.0. The van der Waals surface area contributed by atoms with Gasteiger partial charge in [0.15, 0.2) is 0 Å². The number of amides is 2.